The summed E-state index contributed by atoms with van der Waals surface area (Å²) in [6.07, 6.45) is 4.66. The first-order valence-electron chi connectivity index (χ1n) is 7.49. The van der Waals surface area contributed by atoms with E-state index in [-0.39, 0.29) is 0 Å². The van der Waals surface area contributed by atoms with Gasteiger partial charge in [-0.25, -0.2) is 14.3 Å². The van der Waals surface area contributed by atoms with Crippen molar-refractivity contribution in [1.82, 2.24) is 14.6 Å². The van der Waals surface area contributed by atoms with E-state index in [0.717, 1.165) is 18.9 Å². The molecule has 0 spiro atoms. The first kappa shape index (κ1) is 14.8. The van der Waals surface area contributed by atoms with Crippen LogP contribution in [0.25, 0.3) is 5.65 Å². The van der Waals surface area contributed by atoms with E-state index in [2.05, 4.69) is 15.0 Å². The third-order valence-corrected chi connectivity index (χ3v) is 4.01. The number of ether oxygens (including phenoxy) is 1. The van der Waals surface area contributed by atoms with Gasteiger partial charge in [0, 0.05) is 19.3 Å². The molecular weight excluding hydrogens is 284 g/mol. The van der Waals surface area contributed by atoms with Gasteiger partial charge in [0.05, 0.1) is 18.4 Å². The first-order valence-corrected chi connectivity index (χ1v) is 7.49. The number of piperidine rings is 1. The summed E-state index contributed by atoms with van der Waals surface area (Å²) in [5.41, 5.74) is 0.258. The highest BCUT2D eigenvalue weighted by Crippen LogP contribution is 2.25. The summed E-state index contributed by atoms with van der Waals surface area (Å²) in [6.45, 7) is 5.41. The summed E-state index contributed by atoms with van der Waals surface area (Å²) >= 11 is 0. The lowest BCUT2D eigenvalue weighted by Gasteiger charge is -2.36. The van der Waals surface area contributed by atoms with Crippen LogP contribution in [0, 0.1) is 0 Å². The number of aliphatic hydroxyl groups is 1. The van der Waals surface area contributed by atoms with E-state index in [9.17, 15) is 9.90 Å². The molecule has 2 aromatic heterocycles. The van der Waals surface area contributed by atoms with Gasteiger partial charge in [0.15, 0.2) is 5.65 Å². The molecule has 7 nitrogen and oxygen atoms in total. The predicted octanol–water partition coefficient (Wildman–Crippen LogP) is 1.26. The molecule has 1 saturated heterocycles. The minimum atomic E-state index is -0.604. The Kier molecular flexibility index (Phi) is 3.74. The van der Waals surface area contributed by atoms with E-state index in [0.29, 0.717) is 30.7 Å². The molecule has 2 aromatic rings. The van der Waals surface area contributed by atoms with Gasteiger partial charge in [-0.15, -0.1) is 0 Å². The Balaban J connectivity index is 1.89. The molecule has 1 N–H and O–H groups in total. The lowest BCUT2D eigenvalue weighted by atomic mass is 9.94. The van der Waals surface area contributed by atoms with E-state index in [1.165, 1.54) is 6.20 Å². The van der Waals surface area contributed by atoms with Crippen LogP contribution in [0.1, 0.15) is 37.0 Å². The van der Waals surface area contributed by atoms with Crippen LogP contribution in [0.2, 0.25) is 0 Å². The maximum absolute atomic E-state index is 11.9. The number of anilines is 1. The maximum atomic E-state index is 11.9. The largest absolute Gasteiger partial charge is 0.462 e. The number of nitrogens with zero attached hydrogens (tertiary/aromatic N) is 4. The van der Waals surface area contributed by atoms with Crippen LogP contribution in [0.15, 0.2) is 18.5 Å². The fourth-order valence-electron chi connectivity index (χ4n) is 2.61. The van der Waals surface area contributed by atoms with Gasteiger partial charge in [-0.1, -0.05) is 0 Å². The predicted molar refractivity (Wildman–Crippen MR) is 81.0 cm³/mol. The van der Waals surface area contributed by atoms with Crippen LogP contribution >= 0.6 is 0 Å². The third kappa shape index (κ3) is 2.76. The van der Waals surface area contributed by atoms with Gasteiger partial charge >= 0.3 is 5.97 Å². The molecule has 0 bridgehead atoms. The Morgan fingerprint density at radius 2 is 2.18 bits per heavy atom. The number of aromatic nitrogens is 3. The number of fused-ring (bicyclic) bond motifs is 1. The summed E-state index contributed by atoms with van der Waals surface area (Å²) in [7, 11) is 0. The second kappa shape index (κ2) is 5.57. The second-order valence-corrected chi connectivity index (χ2v) is 5.82. The SMILES string of the molecule is CCOC(=O)c1cnn2ccc(N3CCC(C)(O)CC3)nc12. The number of esters is 1. The monoisotopic (exact) mass is 304 g/mol. The van der Waals surface area contributed by atoms with Gasteiger partial charge in [0.25, 0.3) is 0 Å². The highest BCUT2D eigenvalue weighted by molar-refractivity contribution is 5.95. The highest BCUT2D eigenvalue weighted by atomic mass is 16.5. The molecule has 0 saturated carbocycles. The van der Waals surface area contributed by atoms with Crippen molar-refractivity contribution in [3.05, 3.63) is 24.0 Å². The van der Waals surface area contributed by atoms with Crippen molar-refractivity contribution in [2.45, 2.75) is 32.3 Å². The molecule has 7 heteroatoms. The van der Waals surface area contributed by atoms with Crippen molar-refractivity contribution >= 4 is 17.4 Å². The molecule has 1 aliphatic heterocycles. The minimum Gasteiger partial charge on any atom is -0.462 e. The molecule has 0 aliphatic carbocycles. The third-order valence-electron chi connectivity index (χ3n) is 4.01. The Morgan fingerprint density at radius 3 is 2.86 bits per heavy atom. The highest BCUT2D eigenvalue weighted by Gasteiger charge is 2.28. The maximum Gasteiger partial charge on any atom is 0.343 e. The molecule has 0 amide bonds. The second-order valence-electron chi connectivity index (χ2n) is 5.82. The smallest absolute Gasteiger partial charge is 0.343 e. The van der Waals surface area contributed by atoms with Crippen molar-refractivity contribution < 1.29 is 14.6 Å². The Morgan fingerprint density at radius 1 is 1.45 bits per heavy atom. The van der Waals surface area contributed by atoms with E-state index in [1.54, 1.807) is 17.6 Å². The van der Waals surface area contributed by atoms with E-state index < -0.39 is 11.6 Å². The molecular formula is C15H20N4O3. The summed E-state index contributed by atoms with van der Waals surface area (Å²) in [4.78, 5) is 18.6. The molecule has 22 heavy (non-hydrogen) atoms. The van der Waals surface area contributed by atoms with Crippen LogP contribution < -0.4 is 4.90 Å². The Labute approximate surface area is 128 Å². The van der Waals surface area contributed by atoms with Gasteiger partial charge in [0.2, 0.25) is 0 Å². The molecule has 0 unspecified atom stereocenters. The average Bonchev–Trinajstić information content (AvgIpc) is 2.90. The van der Waals surface area contributed by atoms with Crippen molar-refractivity contribution in [3.8, 4) is 0 Å². The van der Waals surface area contributed by atoms with Gasteiger partial charge in [-0.05, 0) is 32.8 Å². The van der Waals surface area contributed by atoms with Crippen LogP contribution in [0.5, 0.6) is 0 Å². The zero-order chi connectivity index (χ0) is 15.7. The standard InChI is InChI=1S/C15H20N4O3/c1-3-22-14(20)11-10-16-19-7-4-12(17-13(11)19)18-8-5-15(2,21)6-9-18/h4,7,10,21H,3,5-6,8-9H2,1-2H3. The fourth-order valence-corrected chi connectivity index (χ4v) is 2.61. The van der Waals surface area contributed by atoms with Crippen LogP contribution in [-0.4, -0.2) is 51.0 Å². The molecule has 0 atom stereocenters. The van der Waals surface area contributed by atoms with Crippen molar-refractivity contribution in [2.24, 2.45) is 0 Å². The average molecular weight is 304 g/mol. The molecule has 0 aromatic carbocycles. The normalized spacial score (nSPS) is 17.7. The number of rotatable bonds is 3. The lowest BCUT2D eigenvalue weighted by molar-refractivity contribution is 0.0350. The minimum absolute atomic E-state index is 0.317. The molecule has 1 fully saturated rings. The van der Waals surface area contributed by atoms with Gasteiger partial charge in [-0.2, -0.15) is 5.10 Å². The van der Waals surface area contributed by atoms with Crippen LogP contribution in [-0.2, 0) is 4.74 Å². The fraction of sp³-hybridized carbons (Fsp3) is 0.533. The molecule has 0 radical (unpaired) electrons. The Bertz CT molecular complexity index is 685. The van der Waals surface area contributed by atoms with Crippen LogP contribution in [0.3, 0.4) is 0 Å². The zero-order valence-corrected chi connectivity index (χ0v) is 12.8. The van der Waals surface area contributed by atoms with Gasteiger partial charge in [0.1, 0.15) is 11.4 Å². The van der Waals surface area contributed by atoms with Gasteiger partial charge < -0.3 is 14.7 Å². The molecule has 3 heterocycles. The number of hydrogen-bond donors (Lipinski definition) is 1. The summed E-state index contributed by atoms with van der Waals surface area (Å²) < 4.78 is 6.59. The van der Waals surface area contributed by atoms with E-state index in [1.807, 2.05) is 13.0 Å². The molecule has 1 aliphatic rings. The molecule has 3 rings (SSSR count). The van der Waals surface area contributed by atoms with Crippen LogP contribution in [0.4, 0.5) is 5.82 Å². The summed E-state index contributed by atoms with van der Waals surface area (Å²) in [5.74, 6) is 0.373. The van der Waals surface area contributed by atoms with Crippen molar-refractivity contribution in [2.75, 3.05) is 24.6 Å². The topological polar surface area (TPSA) is 80.0 Å². The van der Waals surface area contributed by atoms with Gasteiger partial charge in [-0.3, -0.25) is 0 Å². The number of carbonyl (C=O) groups is 1. The lowest BCUT2D eigenvalue weighted by Crippen LogP contribution is -2.42. The number of hydrogen-bond acceptors (Lipinski definition) is 6. The number of carbonyl (C=O) groups excluding carboxylic acids is 1. The van der Waals surface area contributed by atoms with E-state index >= 15 is 0 Å². The zero-order valence-electron chi connectivity index (χ0n) is 12.8. The quantitative estimate of drug-likeness (QED) is 0.860. The van der Waals surface area contributed by atoms with E-state index in [4.69, 9.17) is 4.74 Å². The summed E-state index contributed by atoms with van der Waals surface area (Å²) in [6, 6.07) is 1.87. The first-order chi connectivity index (χ1) is 10.5. The Hall–Kier alpha value is -2.15. The summed E-state index contributed by atoms with van der Waals surface area (Å²) in [5, 5.41) is 14.2. The molecule has 118 valence electrons. The van der Waals surface area contributed by atoms with Crippen molar-refractivity contribution in [1.29, 1.82) is 0 Å². The van der Waals surface area contributed by atoms with Crippen molar-refractivity contribution in [3.63, 3.8) is 0 Å².